The van der Waals surface area contributed by atoms with Crippen molar-refractivity contribution in [2.75, 3.05) is 4.90 Å². The van der Waals surface area contributed by atoms with Crippen LogP contribution in [0.3, 0.4) is 0 Å². The van der Waals surface area contributed by atoms with Gasteiger partial charge in [0.15, 0.2) is 0 Å². The molecule has 2 heterocycles. The van der Waals surface area contributed by atoms with Crippen LogP contribution in [0.4, 0.5) is 10.5 Å². The maximum Gasteiger partial charge on any atom is 0.335 e. The van der Waals surface area contributed by atoms with Crippen molar-refractivity contribution < 1.29 is 18.8 Å². The zero-order valence-corrected chi connectivity index (χ0v) is 17.3. The average Bonchev–Trinajstić information content (AvgIpc) is 3.14. The van der Waals surface area contributed by atoms with Gasteiger partial charge in [-0.15, -0.1) is 0 Å². The van der Waals surface area contributed by atoms with Crippen LogP contribution in [0.5, 0.6) is 0 Å². The summed E-state index contributed by atoms with van der Waals surface area (Å²) in [6, 6.07) is 13.4. The molecular weight excluding hydrogens is 451 g/mol. The molecule has 2 aromatic carbocycles. The standard InChI is InChI=1S/C21H11Cl3N2O4/c22-12-1-3-15(4-2-12)26-20(28)17(19(27)25-21(26)29)10-16-5-6-18(30-16)11-7-13(23)9-14(24)8-11/h1-10H,(H,25,27,29)/b17-10-. The first-order valence-electron chi connectivity index (χ1n) is 8.55. The SMILES string of the molecule is O=C1NC(=O)N(c2ccc(Cl)cc2)C(=O)/C1=C\c1ccc(-c2cc(Cl)cc(Cl)c2)o1. The van der Waals surface area contributed by atoms with Gasteiger partial charge < -0.3 is 4.42 Å². The minimum atomic E-state index is -0.849. The molecule has 3 aromatic rings. The van der Waals surface area contributed by atoms with Crippen LogP contribution in [-0.4, -0.2) is 17.8 Å². The molecule has 1 aromatic heterocycles. The van der Waals surface area contributed by atoms with Crippen LogP contribution in [0.15, 0.2) is 64.6 Å². The molecule has 30 heavy (non-hydrogen) atoms. The lowest BCUT2D eigenvalue weighted by molar-refractivity contribution is -0.122. The van der Waals surface area contributed by atoms with Crippen LogP contribution in [0, 0.1) is 0 Å². The van der Waals surface area contributed by atoms with Crippen LogP contribution in [0.25, 0.3) is 17.4 Å². The highest BCUT2D eigenvalue weighted by atomic mass is 35.5. The number of hydrogen-bond acceptors (Lipinski definition) is 4. The monoisotopic (exact) mass is 460 g/mol. The van der Waals surface area contributed by atoms with Gasteiger partial charge in [-0.25, -0.2) is 9.69 Å². The van der Waals surface area contributed by atoms with Crippen molar-refractivity contribution in [3.05, 3.63) is 81.0 Å². The van der Waals surface area contributed by atoms with E-state index in [9.17, 15) is 14.4 Å². The molecule has 1 fully saturated rings. The Morgan fingerprint density at radius 3 is 2.17 bits per heavy atom. The molecule has 0 aliphatic carbocycles. The molecule has 6 nitrogen and oxygen atoms in total. The van der Waals surface area contributed by atoms with E-state index in [4.69, 9.17) is 39.2 Å². The maximum absolute atomic E-state index is 12.9. The summed E-state index contributed by atoms with van der Waals surface area (Å²) >= 11 is 17.9. The molecule has 4 amide bonds. The first kappa shape index (κ1) is 20.2. The number of urea groups is 1. The molecule has 0 saturated carbocycles. The van der Waals surface area contributed by atoms with Crippen molar-refractivity contribution >= 4 is 64.4 Å². The van der Waals surface area contributed by atoms with Gasteiger partial charge in [0, 0.05) is 20.6 Å². The summed E-state index contributed by atoms with van der Waals surface area (Å²) in [5.41, 5.74) is 0.651. The van der Waals surface area contributed by atoms with Gasteiger partial charge in [0.25, 0.3) is 11.8 Å². The molecule has 1 saturated heterocycles. The van der Waals surface area contributed by atoms with Gasteiger partial charge in [0.1, 0.15) is 17.1 Å². The highest BCUT2D eigenvalue weighted by Crippen LogP contribution is 2.30. The fourth-order valence-electron chi connectivity index (χ4n) is 2.91. The molecule has 1 N–H and O–H groups in total. The first-order chi connectivity index (χ1) is 14.3. The van der Waals surface area contributed by atoms with Gasteiger partial charge in [0.05, 0.1) is 5.69 Å². The summed E-state index contributed by atoms with van der Waals surface area (Å²) in [5.74, 6) is -0.917. The van der Waals surface area contributed by atoms with Crippen molar-refractivity contribution in [3.63, 3.8) is 0 Å². The number of nitrogens with one attached hydrogen (secondary N) is 1. The quantitative estimate of drug-likeness (QED) is 0.408. The highest BCUT2D eigenvalue weighted by Gasteiger charge is 2.37. The van der Waals surface area contributed by atoms with Gasteiger partial charge in [-0.1, -0.05) is 34.8 Å². The summed E-state index contributed by atoms with van der Waals surface area (Å²) in [6.45, 7) is 0. The predicted molar refractivity (Wildman–Crippen MR) is 115 cm³/mol. The number of hydrogen-bond donors (Lipinski definition) is 1. The number of nitrogens with zero attached hydrogens (tertiary/aromatic N) is 1. The number of anilines is 1. The average molecular weight is 462 g/mol. The first-order valence-corrected chi connectivity index (χ1v) is 9.68. The smallest absolute Gasteiger partial charge is 0.335 e. The summed E-state index contributed by atoms with van der Waals surface area (Å²) in [6.07, 6.45) is 1.27. The molecule has 1 aliphatic rings. The summed E-state index contributed by atoms with van der Waals surface area (Å²) in [7, 11) is 0. The van der Waals surface area contributed by atoms with Gasteiger partial charge in [-0.2, -0.15) is 0 Å². The topological polar surface area (TPSA) is 79.6 Å². The fourth-order valence-corrected chi connectivity index (χ4v) is 3.56. The number of amides is 4. The third-order valence-electron chi connectivity index (χ3n) is 4.25. The lowest BCUT2D eigenvalue weighted by atomic mass is 10.1. The van der Waals surface area contributed by atoms with E-state index in [0.717, 1.165) is 4.90 Å². The summed E-state index contributed by atoms with van der Waals surface area (Å²) < 4.78 is 5.72. The minimum absolute atomic E-state index is 0.241. The Morgan fingerprint density at radius 1 is 0.833 bits per heavy atom. The second-order valence-electron chi connectivity index (χ2n) is 6.29. The number of carbonyl (C=O) groups is 3. The van der Waals surface area contributed by atoms with Gasteiger partial charge in [-0.3, -0.25) is 14.9 Å². The number of furan rings is 1. The van der Waals surface area contributed by atoms with E-state index in [0.29, 0.717) is 26.4 Å². The Morgan fingerprint density at radius 2 is 1.50 bits per heavy atom. The Balaban J connectivity index is 1.68. The summed E-state index contributed by atoms with van der Waals surface area (Å²) in [4.78, 5) is 38.2. The van der Waals surface area contributed by atoms with Crippen LogP contribution in [0.1, 0.15) is 5.76 Å². The molecule has 1 aliphatic heterocycles. The number of benzene rings is 2. The molecule has 0 spiro atoms. The molecule has 0 unspecified atom stereocenters. The largest absolute Gasteiger partial charge is 0.457 e. The van der Waals surface area contributed by atoms with Crippen molar-refractivity contribution in [1.82, 2.24) is 5.32 Å². The van der Waals surface area contributed by atoms with Crippen molar-refractivity contribution in [2.45, 2.75) is 0 Å². The van der Waals surface area contributed by atoms with Crippen molar-refractivity contribution in [3.8, 4) is 11.3 Å². The molecule has 0 bridgehead atoms. The normalized spacial score (nSPS) is 15.6. The second-order valence-corrected chi connectivity index (χ2v) is 7.60. The molecule has 4 rings (SSSR count). The Bertz CT molecular complexity index is 1190. The number of carbonyl (C=O) groups excluding carboxylic acids is 3. The van der Waals surface area contributed by atoms with Crippen LogP contribution >= 0.6 is 34.8 Å². The summed E-state index contributed by atoms with van der Waals surface area (Å²) in [5, 5.41) is 3.47. The van der Waals surface area contributed by atoms with Gasteiger partial charge >= 0.3 is 6.03 Å². The Hall–Kier alpha value is -3.06. The third-order valence-corrected chi connectivity index (χ3v) is 4.94. The third kappa shape index (κ3) is 3.98. The number of barbiturate groups is 1. The molecule has 0 radical (unpaired) electrons. The Kier molecular flexibility index (Phi) is 5.39. The van der Waals surface area contributed by atoms with Crippen molar-refractivity contribution in [1.29, 1.82) is 0 Å². The van der Waals surface area contributed by atoms with E-state index in [1.807, 2.05) is 0 Å². The highest BCUT2D eigenvalue weighted by molar-refractivity contribution is 6.39. The number of halogens is 3. The van der Waals surface area contributed by atoms with E-state index in [2.05, 4.69) is 5.32 Å². The minimum Gasteiger partial charge on any atom is -0.457 e. The lowest BCUT2D eigenvalue weighted by Gasteiger charge is -2.26. The van der Waals surface area contributed by atoms with Crippen LogP contribution in [0.2, 0.25) is 15.1 Å². The van der Waals surface area contributed by atoms with Crippen molar-refractivity contribution in [2.24, 2.45) is 0 Å². The van der Waals surface area contributed by atoms with E-state index >= 15 is 0 Å². The van der Waals surface area contributed by atoms with Crippen LogP contribution in [-0.2, 0) is 9.59 Å². The zero-order chi connectivity index (χ0) is 21.4. The Labute approximate surface area is 185 Å². The molecule has 9 heteroatoms. The predicted octanol–water partition coefficient (Wildman–Crippen LogP) is 5.57. The lowest BCUT2D eigenvalue weighted by Crippen LogP contribution is -2.54. The maximum atomic E-state index is 12.9. The number of imide groups is 2. The molecule has 0 atom stereocenters. The van der Waals surface area contributed by atoms with E-state index in [1.165, 1.54) is 30.3 Å². The van der Waals surface area contributed by atoms with Crippen LogP contribution < -0.4 is 10.2 Å². The zero-order valence-electron chi connectivity index (χ0n) is 15.0. The molecule has 150 valence electrons. The molecular formula is C21H11Cl3N2O4. The van der Waals surface area contributed by atoms with E-state index < -0.39 is 17.8 Å². The second kappa shape index (κ2) is 7.99. The van der Waals surface area contributed by atoms with Gasteiger partial charge in [-0.05, 0) is 60.7 Å². The van der Waals surface area contributed by atoms with E-state index in [-0.39, 0.29) is 17.0 Å². The van der Waals surface area contributed by atoms with Gasteiger partial charge in [0.2, 0.25) is 0 Å². The van der Waals surface area contributed by atoms with E-state index in [1.54, 1.807) is 30.3 Å². The fraction of sp³-hybridized carbons (Fsp3) is 0. The number of rotatable bonds is 3.